The monoisotopic (exact) mass is 357 g/mol. The van der Waals surface area contributed by atoms with Crippen LogP contribution in [0, 0.1) is 13.8 Å². The van der Waals surface area contributed by atoms with Crippen molar-refractivity contribution >= 4 is 34.9 Å². The molecule has 2 heterocycles. The lowest BCUT2D eigenvalue weighted by atomic mass is 9.95. The Bertz CT molecular complexity index is 847. The van der Waals surface area contributed by atoms with Gasteiger partial charge in [-0.05, 0) is 60.4 Å². The number of urea groups is 1. The first kappa shape index (κ1) is 17.2. The second kappa shape index (κ2) is 6.33. The number of carbonyl (C=O) groups excluding carboxylic acids is 3. The Labute approximate surface area is 149 Å². The first-order chi connectivity index (χ1) is 11.8. The number of thiophene rings is 1. The number of rotatable bonds is 4. The molecule has 0 bridgehead atoms. The lowest BCUT2D eigenvalue weighted by Crippen LogP contribution is -2.41. The number of amides is 4. The molecule has 0 spiro atoms. The highest BCUT2D eigenvalue weighted by molar-refractivity contribution is 7.08. The molecule has 0 radical (unpaired) electrons. The summed E-state index contributed by atoms with van der Waals surface area (Å²) in [5.74, 6) is -0.834. The van der Waals surface area contributed by atoms with E-state index >= 15 is 0 Å². The van der Waals surface area contributed by atoms with Crippen LogP contribution in [0.25, 0.3) is 0 Å². The fraction of sp³-hybridized carbons (Fsp3) is 0.278. The summed E-state index contributed by atoms with van der Waals surface area (Å²) in [6, 6.07) is 6.95. The Kier molecular flexibility index (Phi) is 4.34. The summed E-state index contributed by atoms with van der Waals surface area (Å²) < 4.78 is 0. The van der Waals surface area contributed by atoms with Crippen LogP contribution in [-0.4, -0.2) is 29.3 Å². The lowest BCUT2D eigenvalue weighted by molar-refractivity contribution is -0.133. The zero-order valence-electron chi connectivity index (χ0n) is 14.3. The number of hydrogen-bond acceptors (Lipinski definition) is 4. The molecule has 130 valence electrons. The van der Waals surface area contributed by atoms with Crippen LogP contribution in [0.1, 0.15) is 23.6 Å². The van der Waals surface area contributed by atoms with Gasteiger partial charge in [-0.3, -0.25) is 14.5 Å². The maximum atomic E-state index is 12.7. The first-order valence-corrected chi connectivity index (χ1v) is 8.79. The zero-order chi connectivity index (χ0) is 18.2. The van der Waals surface area contributed by atoms with Crippen molar-refractivity contribution in [2.75, 3.05) is 11.9 Å². The summed E-state index contributed by atoms with van der Waals surface area (Å²) in [7, 11) is 0. The highest BCUT2D eigenvalue weighted by atomic mass is 32.1. The number of hydrogen-bond donors (Lipinski definition) is 2. The van der Waals surface area contributed by atoms with Crippen LogP contribution in [0.5, 0.6) is 0 Å². The minimum atomic E-state index is -1.13. The Morgan fingerprint density at radius 1 is 1.28 bits per heavy atom. The highest BCUT2D eigenvalue weighted by Gasteiger charge is 2.49. The largest absolute Gasteiger partial charge is 0.325 e. The number of imide groups is 1. The van der Waals surface area contributed by atoms with Gasteiger partial charge in [-0.1, -0.05) is 12.1 Å². The number of aryl methyl sites for hydroxylation is 2. The summed E-state index contributed by atoms with van der Waals surface area (Å²) >= 11 is 1.45. The Morgan fingerprint density at radius 2 is 2.04 bits per heavy atom. The molecule has 1 aromatic heterocycles. The van der Waals surface area contributed by atoms with Gasteiger partial charge in [0.1, 0.15) is 12.1 Å². The molecule has 0 saturated carbocycles. The van der Waals surface area contributed by atoms with Crippen LogP contribution in [-0.2, 0) is 15.1 Å². The Morgan fingerprint density at radius 3 is 2.72 bits per heavy atom. The van der Waals surface area contributed by atoms with E-state index in [1.54, 1.807) is 13.0 Å². The van der Waals surface area contributed by atoms with Crippen LogP contribution in [0.15, 0.2) is 35.0 Å². The van der Waals surface area contributed by atoms with Crippen LogP contribution in [0.4, 0.5) is 10.5 Å². The SMILES string of the molecule is Cc1ccc(C)c(NC(=O)CN2C(=O)N[C@](C)(c3ccsc3)C2=O)c1. The molecule has 1 aromatic carbocycles. The molecule has 1 saturated heterocycles. The predicted octanol–water partition coefficient (Wildman–Crippen LogP) is 2.77. The zero-order valence-corrected chi connectivity index (χ0v) is 15.1. The highest BCUT2D eigenvalue weighted by Crippen LogP contribution is 2.30. The van der Waals surface area contributed by atoms with Gasteiger partial charge in [0, 0.05) is 5.69 Å². The van der Waals surface area contributed by atoms with E-state index in [1.807, 2.05) is 42.8 Å². The number of nitrogens with one attached hydrogen (secondary N) is 2. The molecule has 1 aliphatic heterocycles. The summed E-state index contributed by atoms with van der Waals surface area (Å²) in [5.41, 5.74) is 2.20. The Hall–Kier alpha value is -2.67. The van der Waals surface area contributed by atoms with E-state index in [0.717, 1.165) is 16.0 Å². The summed E-state index contributed by atoms with van der Waals surface area (Å²) in [4.78, 5) is 38.2. The average Bonchev–Trinajstić information content (AvgIpc) is 3.16. The summed E-state index contributed by atoms with van der Waals surface area (Å²) in [6.07, 6.45) is 0. The van der Waals surface area contributed by atoms with Gasteiger partial charge in [-0.25, -0.2) is 4.79 Å². The van der Waals surface area contributed by atoms with E-state index in [2.05, 4.69) is 10.6 Å². The molecule has 0 aliphatic carbocycles. The topological polar surface area (TPSA) is 78.5 Å². The van der Waals surface area contributed by atoms with Crippen molar-refractivity contribution in [3.05, 3.63) is 51.7 Å². The van der Waals surface area contributed by atoms with Crippen molar-refractivity contribution in [3.63, 3.8) is 0 Å². The number of nitrogens with zero attached hydrogens (tertiary/aromatic N) is 1. The second-order valence-electron chi connectivity index (χ2n) is 6.33. The third-order valence-corrected chi connectivity index (χ3v) is 5.03. The van der Waals surface area contributed by atoms with Crippen LogP contribution >= 0.6 is 11.3 Å². The van der Waals surface area contributed by atoms with Gasteiger partial charge in [0.05, 0.1) is 0 Å². The van der Waals surface area contributed by atoms with Gasteiger partial charge in [-0.15, -0.1) is 0 Å². The van der Waals surface area contributed by atoms with Gasteiger partial charge in [0.2, 0.25) is 5.91 Å². The summed E-state index contributed by atoms with van der Waals surface area (Å²) in [5, 5.41) is 9.12. The van der Waals surface area contributed by atoms with Crippen LogP contribution in [0.2, 0.25) is 0 Å². The molecule has 6 nitrogen and oxygen atoms in total. The minimum absolute atomic E-state index is 0.322. The third-order valence-electron chi connectivity index (χ3n) is 4.34. The fourth-order valence-corrected chi connectivity index (χ4v) is 3.55. The quantitative estimate of drug-likeness (QED) is 0.826. The van der Waals surface area contributed by atoms with E-state index in [4.69, 9.17) is 0 Å². The van der Waals surface area contributed by atoms with E-state index in [1.165, 1.54) is 11.3 Å². The van der Waals surface area contributed by atoms with Crippen molar-refractivity contribution in [2.24, 2.45) is 0 Å². The van der Waals surface area contributed by atoms with E-state index in [9.17, 15) is 14.4 Å². The van der Waals surface area contributed by atoms with Crippen molar-refractivity contribution in [2.45, 2.75) is 26.3 Å². The molecule has 4 amide bonds. The van der Waals surface area contributed by atoms with Crippen molar-refractivity contribution in [3.8, 4) is 0 Å². The Balaban J connectivity index is 1.74. The molecule has 2 aromatic rings. The molecular formula is C18H19N3O3S. The standard InChI is InChI=1S/C18H19N3O3S/c1-11-4-5-12(2)14(8-11)19-15(22)9-21-16(23)18(3,20-17(21)24)13-6-7-25-10-13/h4-8,10H,9H2,1-3H3,(H,19,22)(H,20,24)/t18-/m1/s1. The molecule has 3 rings (SSSR count). The molecule has 1 atom stereocenters. The van der Waals surface area contributed by atoms with E-state index in [-0.39, 0.29) is 6.54 Å². The fourth-order valence-electron chi connectivity index (χ4n) is 2.79. The minimum Gasteiger partial charge on any atom is -0.324 e. The van der Waals surface area contributed by atoms with Gasteiger partial charge >= 0.3 is 6.03 Å². The van der Waals surface area contributed by atoms with E-state index in [0.29, 0.717) is 11.3 Å². The number of carbonyl (C=O) groups is 3. The number of benzene rings is 1. The van der Waals surface area contributed by atoms with Crippen molar-refractivity contribution in [1.82, 2.24) is 10.2 Å². The van der Waals surface area contributed by atoms with Gasteiger partial charge in [0.25, 0.3) is 5.91 Å². The summed E-state index contributed by atoms with van der Waals surface area (Å²) in [6.45, 7) is 5.14. The van der Waals surface area contributed by atoms with Gasteiger partial charge in [0.15, 0.2) is 0 Å². The van der Waals surface area contributed by atoms with Crippen LogP contribution in [0.3, 0.4) is 0 Å². The van der Waals surface area contributed by atoms with Gasteiger partial charge in [-0.2, -0.15) is 11.3 Å². The normalized spacial score (nSPS) is 19.9. The maximum absolute atomic E-state index is 12.7. The van der Waals surface area contributed by atoms with Gasteiger partial charge < -0.3 is 10.6 Å². The lowest BCUT2D eigenvalue weighted by Gasteiger charge is -2.20. The molecule has 1 aliphatic rings. The molecule has 0 unspecified atom stereocenters. The van der Waals surface area contributed by atoms with Crippen molar-refractivity contribution in [1.29, 1.82) is 0 Å². The molecule has 1 fully saturated rings. The molecule has 2 N–H and O–H groups in total. The second-order valence-corrected chi connectivity index (χ2v) is 7.11. The smallest absolute Gasteiger partial charge is 0.324 e. The van der Waals surface area contributed by atoms with E-state index < -0.39 is 23.4 Å². The first-order valence-electron chi connectivity index (χ1n) is 7.85. The van der Waals surface area contributed by atoms with Crippen LogP contribution < -0.4 is 10.6 Å². The average molecular weight is 357 g/mol. The molecule has 25 heavy (non-hydrogen) atoms. The molecular weight excluding hydrogens is 338 g/mol. The maximum Gasteiger partial charge on any atom is 0.325 e. The molecule has 7 heteroatoms. The third kappa shape index (κ3) is 3.15. The van der Waals surface area contributed by atoms with Crippen molar-refractivity contribution < 1.29 is 14.4 Å². The predicted molar refractivity (Wildman–Crippen MR) is 96.5 cm³/mol. The number of anilines is 1.